The summed E-state index contributed by atoms with van der Waals surface area (Å²) in [5.41, 5.74) is 2.05. The van der Waals surface area contributed by atoms with E-state index in [1.54, 1.807) is 12.0 Å². The molecule has 1 saturated heterocycles. The second-order valence-corrected chi connectivity index (χ2v) is 6.23. The van der Waals surface area contributed by atoms with Gasteiger partial charge in [0.1, 0.15) is 5.75 Å². The highest BCUT2D eigenvalue weighted by Crippen LogP contribution is 2.20. The van der Waals surface area contributed by atoms with Crippen molar-refractivity contribution in [3.63, 3.8) is 0 Å². The van der Waals surface area contributed by atoms with Crippen LogP contribution < -0.4 is 10.1 Å². The van der Waals surface area contributed by atoms with Crippen molar-refractivity contribution in [2.75, 3.05) is 13.7 Å². The van der Waals surface area contributed by atoms with Crippen molar-refractivity contribution in [1.82, 2.24) is 10.2 Å². The van der Waals surface area contributed by atoms with Gasteiger partial charge in [0.2, 0.25) is 11.8 Å². The van der Waals surface area contributed by atoms with Crippen molar-refractivity contribution in [2.24, 2.45) is 5.92 Å². The summed E-state index contributed by atoms with van der Waals surface area (Å²) >= 11 is 0. The highest BCUT2D eigenvalue weighted by atomic mass is 16.5. The lowest BCUT2D eigenvalue weighted by atomic mass is 10.1. The van der Waals surface area contributed by atoms with Crippen molar-refractivity contribution < 1.29 is 14.3 Å². The fourth-order valence-corrected chi connectivity index (χ4v) is 3.02. The minimum absolute atomic E-state index is 0.0328. The molecular weight excluding hydrogens is 316 g/mol. The number of nitrogens with one attached hydrogen (secondary N) is 1. The summed E-state index contributed by atoms with van der Waals surface area (Å²) in [7, 11) is 1.61. The minimum atomic E-state index is -0.290. The van der Waals surface area contributed by atoms with Crippen LogP contribution in [0.5, 0.6) is 5.75 Å². The lowest BCUT2D eigenvalue weighted by Gasteiger charge is -2.16. The molecule has 3 rings (SSSR count). The Morgan fingerprint density at radius 1 is 1.16 bits per heavy atom. The third-order valence-electron chi connectivity index (χ3n) is 4.40. The molecule has 0 spiro atoms. The van der Waals surface area contributed by atoms with Crippen molar-refractivity contribution in [3.05, 3.63) is 65.7 Å². The van der Waals surface area contributed by atoms with Crippen LogP contribution >= 0.6 is 0 Å². The minimum Gasteiger partial charge on any atom is -0.497 e. The van der Waals surface area contributed by atoms with Crippen LogP contribution in [0.1, 0.15) is 17.5 Å². The van der Waals surface area contributed by atoms with Gasteiger partial charge in [-0.1, -0.05) is 42.5 Å². The molecule has 0 bridgehead atoms. The number of benzene rings is 2. The zero-order chi connectivity index (χ0) is 17.6. The van der Waals surface area contributed by atoms with Gasteiger partial charge in [-0.05, 0) is 23.3 Å². The van der Waals surface area contributed by atoms with Crippen LogP contribution in [0.4, 0.5) is 0 Å². The van der Waals surface area contributed by atoms with E-state index in [4.69, 9.17) is 4.74 Å². The molecule has 1 heterocycles. The number of methoxy groups -OCH3 is 1. The van der Waals surface area contributed by atoms with Crippen LogP contribution in [-0.2, 0) is 22.7 Å². The van der Waals surface area contributed by atoms with Crippen LogP contribution in [0.25, 0.3) is 0 Å². The van der Waals surface area contributed by atoms with Gasteiger partial charge in [0.25, 0.3) is 0 Å². The maximum Gasteiger partial charge on any atom is 0.225 e. The molecule has 5 heteroatoms. The van der Waals surface area contributed by atoms with E-state index in [1.165, 1.54) is 0 Å². The first-order valence-electron chi connectivity index (χ1n) is 8.38. The topological polar surface area (TPSA) is 58.6 Å². The lowest BCUT2D eigenvalue weighted by Crippen LogP contribution is -2.32. The average Bonchev–Trinajstić information content (AvgIpc) is 3.01. The maximum absolute atomic E-state index is 12.4. The second-order valence-electron chi connectivity index (χ2n) is 6.23. The summed E-state index contributed by atoms with van der Waals surface area (Å²) in [5.74, 6) is 0.427. The van der Waals surface area contributed by atoms with Gasteiger partial charge in [-0.3, -0.25) is 9.59 Å². The van der Waals surface area contributed by atoms with Gasteiger partial charge >= 0.3 is 0 Å². The van der Waals surface area contributed by atoms with E-state index in [-0.39, 0.29) is 24.2 Å². The Morgan fingerprint density at radius 2 is 1.92 bits per heavy atom. The number of ether oxygens (including phenoxy) is 1. The number of rotatable bonds is 6. The molecule has 2 aromatic rings. The Morgan fingerprint density at radius 3 is 2.68 bits per heavy atom. The zero-order valence-corrected chi connectivity index (χ0v) is 14.3. The van der Waals surface area contributed by atoms with Gasteiger partial charge in [0, 0.05) is 26.1 Å². The zero-order valence-electron chi connectivity index (χ0n) is 14.3. The summed E-state index contributed by atoms with van der Waals surface area (Å²) in [6.07, 6.45) is 0.275. The Labute approximate surface area is 147 Å². The predicted octanol–water partition coefficient (Wildman–Crippen LogP) is 2.36. The largest absolute Gasteiger partial charge is 0.497 e. The van der Waals surface area contributed by atoms with Gasteiger partial charge in [0.05, 0.1) is 13.0 Å². The molecular formula is C20H22N2O3. The third-order valence-corrected chi connectivity index (χ3v) is 4.40. The molecule has 1 unspecified atom stereocenters. The fourth-order valence-electron chi connectivity index (χ4n) is 3.02. The molecule has 1 N–H and O–H groups in total. The Kier molecular flexibility index (Phi) is 5.33. The SMILES string of the molecule is COc1cccc(CNC(=O)C2CC(=O)N(Cc3ccccc3)C2)c1. The Hall–Kier alpha value is -2.82. The summed E-state index contributed by atoms with van der Waals surface area (Å²) in [6.45, 7) is 1.45. The third kappa shape index (κ3) is 4.38. The normalized spacial score (nSPS) is 16.8. The number of likely N-dealkylation sites (tertiary alicyclic amines) is 1. The maximum atomic E-state index is 12.4. The monoisotopic (exact) mass is 338 g/mol. The lowest BCUT2D eigenvalue weighted by molar-refractivity contribution is -0.129. The van der Waals surface area contributed by atoms with Crippen molar-refractivity contribution in [1.29, 1.82) is 0 Å². The molecule has 5 nitrogen and oxygen atoms in total. The van der Waals surface area contributed by atoms with E-state index in [2.05, 4.69) is 5.32 Å². The van der Waals surface area contributed by atoms with Crippen LogP contribution in [-0.4, -0.2) is 30.4 Å². The predicted molar refractivity (Wildman–Crippen MR) is 94.8 cm³/mol. The van der Waals surface area contributed by atoms with Gasteiger partial charge in [-0.25, -0.2) is 0 Å². The van der Waals surface area contributed by atoms with E-state index < -0.39 is 0 Å². The second kappa shape index (κ2) is 7.83. The number of carbonyl (C=O) groups excluding carboxylic acids is 2. The molecule has 0 radical (unpaired) electrons. The quantitative estimate of drug-likeness (QED) is 0.880. The summed E-state index contributed by atoms with van der Waals surface area (Å²) < 4.78 is 5.18. The number of hydrogen-bond donors (Lipinski definition) is 1. The van der Waals surface area contributed by atoms with Gasteiger partial charge < -0.3 is 15.0 Å². The molecule has 1 atom stereocenters. The van der Waals surface area contributed by atoms with E-state index in [9.17, 15) is 9.59 Å². The van der Waals surface area contributed by atoms with Gasteiger partial charge in [-0.15, -0.1) is 0 Å². The molecule has 0 aromatic heterocycles. The van der Waals surface area contributed by atoms with E-state index in [0.29, 0.717) is 19.6 Å². The molecule has 2 amide bonds. The van der Waals surface area contributed by atoms with Crippen LogP contribution in [0, 0.1) is 5.92 Å². The first-order valence-corrected chi connectivity index (χ1v) is 8.38. The fraction of sp³-hybridized carbons (Fsp3) is 0.300. The molecule has 2 aromatic carbocycles. The molecule has 0 aliphatic carbocycles. The smallest absolute Gasteiger partial charge is 0.225 e. The van der Waals surface area contributed by atoms with Crippen molar-refractivity contribution in [2.45, 2.75) is 19.5 Å². The van der Waals surface area contributed by atoms with Crippen LogP contribution in [0.15, 0.2) is 54.6 Å². The first-order chi connectivity index (χ1) is 12.2. The standard InChI is InChI=1S/C20H22N2O3/c1-25-18-9-5-8-16(10-18)12-21-20(24)17-11-19(23)22(14-17)13-15-6-3-2-4-7-15/h2-10,17H,11-14H2,1H3,(H,21,24). The molecule has 1 fully saturated rings. The highest BCUT2D eigenvalue weighted by Gasteiger charge is 2.34. The molecule has 0 saturated carbocycles. The van der Waals surface area contributed by atoms with Gasteiger partial charge in [-0.2, -0.15) is 0 Å². The van der Waals surface area contributed by atoms with Crippen LogP contribution in [0.3, 0.4) is 0 Å². The average molecular weight is 338 g/mol. The molecule has 25 heavy (non-hydrogen) atoms. The Balaban J connectivity index is 1.53. The molecule has 1 aliphatic rings. The highest BCUT2D eigenvalue weighted by molar-refractivity contribution is 5.89. The summed E-state index contributed by atoms with van der Waals surface area (Å²) in [5, 5.41) is 2.92. The van der Waals surface area contributed by atoms with Crippen LogP contribution in [0.2, 0.25) is 0 Å². The number of carbonyl (C=O) groups is 2. The van der Waals surface area contributed by atoms with Crippen molar-refractivity contribution >= 4 is 11.8 Å². The van der Waals surface area contributed by atoms with E-state index >= 15 is 0 Å². The molecule has 130 valence electrons. The number of nitrogens with zero attached hydrogens (tertiary/aromatic N) is 1. The number of amides is 2. The first kappa shape index (κ1) is 17.0. The Bertz CT molecular complexity index is 746. The number of hydrogen-bond acceptors (Lipinski definition) is 3. The summed E-state index contributed by atoms with van der Waals surface area (Å²) in [4.78, 5) is 26.3. The molecule has 1 aliphatic heterocycles. The van der Waals surface area contributed by atoms with E-state index in [1.807, 2.05) is 54.6 Å². The van der Waals surface area contributed by atoms with E-state index in [0.717, 1.165) is 16.9 Å². The van der Waals surface area contributed by atoms with Crippen molar-refractivity contribution in [3.8, 4) is 5.75 Å². The summed E-state index contributed by atoms with van der Waals surface area (Å²) in [6, 6.07) is 17.4. The van der Waals surface area contributed by atoms with Gasteiger partial charge in [0.15, 0.2) is 0 Å².